The Bertz CT molecular complexity index is 509. The molecule has 21 heavy (non-hydrogen) atoms. The van der Waals surface area contributed by atoms with Crippen molar-refractivity contribution in [1.82, 2.24) is 9.88 Å². The zero-order valence-corrected chi connectivity index (χ0v) is 15.6. The molecule has 1 fully saturated rings. The minimum Gasteiger partial charge on any atom is -0.360 e. The second-order valence-electron chi connectivity index (χ2n) is 7.38. The van der Waals surface area contributed by atoms with Gasteiger partial charge in [-0.25, -0.2) is 4.98 Å². The summed E-state index contributed by atoms with van der Waals surface area (Å²) in [6.07, 6.45) is 2.86. The van der Waals surface area contributed by atoms with Crippen molar-refractivity contribution in [1.29, 1.82) is 0 Å². The topological polar surface area (TPSA) is 36.4 Å². The molecule has 0 unspecified atom stereocenters. The summed E-state index contributed by atoms with van der Waals surface area (Å²) in [7, 11) is -1.88. The standard InChI is InChI=1S/C15H28N3OPS/c1-15(2,3)14-16-12-13(21-14)18-8-6-17(7-9-18)10-11-20(4,5)19/h12H,6-11H2,1-5H3. The molecule has 0 aromatic carbocycles. The summed E-state index contributed by atoms with van der Waals surface area (Å²) >= 11 is 1.82. The molecule has 0 N–H and O–H groups in total. The molecule has 1 aliphatic heterocycles. The summed E-state index contributed by atoms with van der Waals surface area (Å²) in [6.45, 7) is 15.6. The minimum absolute atomic E-state index is 0.133. The summed E-state index contributed by atoms with van der Waals surface area (Å²) in [4.78, 5) is 9.44. The molecule has 2 rings (SSSR count). The average molecular weight is 329 g/mol. The van der Waals surface area contributed by atoms with Crippen LogP contribution >= 0.6 is 18.5 Å². The van der Waals surface area contributed by atoms with Crippen molar-refractivity contribution >= 4 is 23.5 Å². The van der Waals surface area contributed by atoms with Crippen LogP contribution in [0, 0.1) is 0 Å². The number of nitrogens with zero attached hydrogens (tertiary/aromatic N) is 3. The highest BCUT2D eigenvalue weighted by atomic mass is 32.1. The molecule has 0 aliphatic carbocycles. The first-order valence-electron chi connectivity index (χ1n) is 7.63. The van der Waals surface area contributed by atoms with E-state index in [2.05, 4.69) is 35.6 Å². The van der Waals surface area contributed by atoms with E-state index in [9.17, 15) is 4.57 Å². The molecule has 6 heteroatoms. The lowest BCUT2D eigenvalue weighted by Crippen LogP contribution is -2.46. The maximum atomic E-state index is 11.8. The zero-order valence-electron chi connectivity index (χ0n) is 13.9. The van der Waals surface area contributed by atoms with Gasteiger partial charge in [-0.15, -0.1) is 11.3 Å². The van der Waals surface area contributed by atoms with Crippen molar-refractivity contribution < 1.29 is 4.57 Å². The van der Waals surface area contributed by atoms with Gasteiger partial charge in [-0.05, 0) is 13.3 Å². The van der Waals surface area contributed by atoms with Crippen LogP contribution < -0.4 is 4.90 Å². The number of thiazole rings is 1. The van der Waals surface area contributed by atoms with Gasteiger partial charge in [0.15, 0.2) is 0 Å². The van der Waals surface area contributed by atoms with E-state index in [1.54, 1.807) is 0 Å². The van der Waals surface area contributed by atoms with Gasteiger partial charge in [-0.1, -0.05) is 20.8 Å². The molecular formula is C15H28N3OPS. The third-order valence-electron chi connectivity index (χ3n) is 3.77. The molecule has 0 spiro atoms. The maximum Gasteiger partial charge on any atom is 0.111 e. The summed E-state index contributed by atoms with van der Waals surface area (Å²) in [5.74, 6) is 0. The smallest absolute Gasteiger partial charge is 0.111 e. The molecule has 0 bridgehead atoms. The van der Waals surface area contributed by atoms with Crippen LogP contribution in [0.2, 0.25) is 0 Å². The number of hydrogen-bond donors (Lipinski definition) is 0. The predicted molar refractivity (Wildman–Crippen MR) is 93.8 cm³/mol. The van der Waals surface area contributed by atoms with Crippen LogP contribution in [-0.2, 0) is 9.98 Å². The van der Waals surface area contributed by atoms with Crippen LogP contribution in [0.15, 0.2) is 6.20 Å². The van der Waals surface area contributed by atoms with E-state index >= 15 is 0 Å². The molecule has 1 aromatic rings. The van der Waals surface area contributed by atoms with Gasteiger partial charge in [-0.3, -0.25) is 4.90 Å². The monoisotopic (exact) mass is 329 g/mol. The number of rotatable bonds is 4. The first kappa shape index (κ1) is 17.0. The molecule has 4 nitrogen and oxygen atoms in total. The van der Waals surface area contributed by atoms with Crippen LogP contribution in [0.25, 0.3) is 0 Å². The van der Waals surface area contributed by atoms with Crippen LogP contribution in [0.3, 0.4) is 0 Å². The van der Waals surface area contributed by atoms with E-state index in [0.29, 0.717) is 0 Å². The number of hydrogen-bond acceptors (Lipinski definition) is 5. The summed E-state index contributed by atoms with van der Waals surface area (Å²) in [6, 6.07) is 0. The highest BCUT2D eigenvalue weighted by molar-refractivity contribution is 7.62. The van der Waals surface area contributed by atoms with Crippen molar-refractivity contribution in [3.8, 4) is 0 Å². The summed E-state index contributed by atoms with van der Waals surface area (Å²) in [5.41, 5.74) is 0.133. The number of aromatic nitrogens is 1. The largest absolute Gasteiger partial charge is 0.360 e. The Labute approximate surface area is 132 Å². The molecular weight excluding hydrogens is 301 g/mol. The van der Waals surface area contributed by atoms with Gasteiger partial charge in [-0.2, -0.15) is 0 Å². The highest BCUT2D eigenvalue weighted by Gasteiger charge is 2.23. The van der Waals surface area contributed by atoms with Crippen LogP contribution in [0.1, 0.15) is 25.8 Å². The zero-order chi connectivity index (χ0) is 15.7. The van der Waals surface area contributed by atoms with Gasteiger partial charge in [0.25, 0.3) is 0 Å². The first-order chi connectivity index (χ1) is 9.65. The normalized spacial score (nSPS) is 18.2. The van der Waals surface area contributed by atoms with Gasteiger partial charge >= 0.3 is 0 Å². The fourth-order valence-electron chi connectivity index (χ4n) is 2.33. The first-order valence-corrected chi connectivity index (χ1v) is 11.2. The molecule has 2 heterocycles. The predicted octanol–water partition coefficient (Wildman–Crippen LogP) is 3.19. The molecule has 0 radical (unpaired) electrons. The molecule has 0 amide bonds. The van der Waals surface area contributed by atoms with E-state index < -0.39 is 7.14 Å². The van der Waals surface area contributed by atoms with E-state index in [1.807, 2.05) is 30.9 Å². The van der Waals surface area contributed by atoms with Gasteiger partial charge in [0, 0.05) is 44.3 Å². The Balaban J connectivity index is 1.86. The Hall–Kier alpha value is -0.380. The molecule has 0 saturated carbocycles. The van der Waals surface area contributed by atoms with E-state index in [4.69, 9.17) is 0 Å². The third kappa shape index (κ3) is 5.08. The van der Waals surface area contributed by atoms with E-state index in [0.717, 1.165) is 38.9 Å². The molecule has 120 valence electrons. The molecule has 1 aliphatic rings. The van der Waals surface area contributed by atoms with Gasteiger partial charge in [0.05, 0.1) is 18.3 Å². The highest BCUT2D eigenvalue weighted by Crippen LogP contribution is 2.35. The Kier molecular flexibility index (Phi) is 5.17. The average Bonchev–Trinajstić information content (AvgIpc) is 2.85. The van der Waals surface area contributed by atoms with Crippen molar-refractivity contribution in [3.05, 3.63) is 11.2 Å². The third-order valence-corrected chi connectivity index (χ3v) is 6.53. The molecule has 1 saturated heterocycles. The molecule has 0 atom stereocenters. The second kappa shape index (κ2) is 6.39. The molecule has 1 aromatic heterocycles. The van der Waals surface area contributed by atoms with Gasteiger partial charge in [0.1, 0.15) is 5.00 Å². The SMILES string of the molecule is CC(C)(C)c1ncc(N2CCN(CCP(C)(C)=O)CC2)s1. The van der Waals surface area contributed by atoms with Gasteiger partial charge < -0.3 is 9.46 Å². The number of anilines is 1. The summed E-state index contributed by atoms with van der Waals surface area (Å²) in [5, 5.41) is 2.49. The van der Waals surface area contributed by atoms with Crippen molar-refractivity contribution in [3.63, 3.8) is 0 Å². The maximum absolute atomic E-state index is 11.8. The van der Waals surface area contributed by atoms with E-state index in [-0.39, 0.29) is 5.41 Å². The Morgan fingerprint density at radius 3 is 2.33 bits per heavy atom. The Morgan fingerprint density at radius 1 is 1.24 bits per heavy atom. The van der Waals surface area contributed by atoms with Crippen LogP contribution in [-0.4, -0.2) is 62.1 Å². The quantitative estimate of drug-likeness (QED) is 0.795. The lowest BCUT2D eigenvalue weighted by molar-refractivity contribution is 0.272. The summed E-state index contributed by atoms with van der Waals surface area (Å²) < 4.78 is 11.8. The fourth-order valence-corrected chi connectivity index (χ4v) is 4.12. The van der Waals surface area contributed by atoms with Crippen molar-refractivity contribution in [2.75, 3.05) is 57.1 Å². The van der Waals surface area contributed by atoms with E-state index in [1.165, 1.54) is 10.0 Å². The lowest BCUT2D eigenvalue weighted by atomic mass is 9.98. The van der Waals surface area contributed by atoms with Crippen molar-refractivity contribution in [2.24, 2.45) is 0 Å². The van der Waals surface area contributed by atoms with Crippen LogP contribution in [0.5, 0.6) is 0 Å². The van der Waals surface area contributed by atoms with Crippen LogP contribution in [0.4, 0.5) is 5.00 Å². The van der Waals surface area contributed by atoms with Gasteiger partial charge in [0.2, 0.25) is 0 Å². The Morgan fingerprint density at radius 2 is 1.86 bits per heavy atom. The lowest BCUT2D eigenvalue weighted by Gasteiger charge is -2.35. The second-order valence-corrected chi connectivity index (χ2v) is 12.0. The van der Waals surface area contributed by atoms with Crippen molar-refractivity contribution in [2.45, 2.75) is 26.2 Å². The minimum atomic E-state index is -1.88. The number of piperazine rings is 1. The fraction of sp³-hybridized carbons (Fsp3) is 0.800.